The number of benzene rings is 1. The average molecular weight is 415 g/mol. The van der Waals surface area contributed by atoms with Crippen LogP contribution < -0.4 is 25.2 Å². The Labute approximate surface area is 176 Å². The first-order valence-corrected chi connectivity index (χ1v) is 10.3. The Morgan fingerprint density at radius 3 is 2.57 bits per heavy atom. The largest absolute Gasteiger partial charge is 0.493 e. The fraction of sp³-hybridized carbons (Fsp3) is 0.500. The molecule has 1 aromatic carbocycles. The molecule has 30 heavy (non-hydrogen) atoms. The van der Waals surface area contributed by atoms with Crippen LogP contribution in [0.25, 0.3) is 0 Å². The van der Waals surface area contributed by atoms with E-state index in [4.69, 9.17) is 9.47 Å². The zero-order valence-corrected chi connectivity index (χ0v) is 17.9. The van der Waals surface area contributed by atoms with Crippen molar-refractivity contribution in [2.75, 3.05) is 38.8 Å². The van der Waals surface area contributed by atoms with Crippen molar-refractivity contribution in [3.05, 3.63) is 46.2 Å². The van der Waals surface area contributed by atoms with Gasteiger partial charge in [0.15, 0.2) is 11.5 Å². The van der Waals surface area contributed by atoms with Crippen LogP contribution in [0.2, 0.25) is 0 Å². The lowest BCUT2D eigenvalue weighted by atomic mass is 9.99. The van der Waals surface area contributed by atoms with E-state index in [1.807, 2.05) is 18.2 Å². The maximum absolute atomic E-state index is 12.3. The number of hydrogen-bond acceptors (Lipinski definition) is 6. The number of amides is 1. The second kappa shape index (κ2) is 10.1. The Hall–Kier alpha value is -3.03. The quantitative estimate of drug-likeness (QED) is 0.710. The standard InChI is InChI=1S/C22H30N4O4/c1-16-9-12-25(13-10-16)20-6-7-22(28)26(24-20)15-21(27)23-11-8-17-4-5-18(29-2)19(14-17)30-3/h4-7,14,16H,8-13,15H2,1-3H3,(H,23,27). The third kappa shape index (κ3) is 5.52. The van der Waals surface area contributed by atoms with Gasteiger partial charge < -0.3 is 19.7 Å². The summed E-state index contributed by atoms with van der Waals surface area (Å²) >= 11 is 0. The van der Waals surface area contributed by atoms with Gasteiger partial charge in [-0.2, -0.15) is 5.10 Å². The molecule has 1 N–H and O–H groups in total. The van der Waals surface area contributed by atoms with Crippen LogP contribution in [-0.2, 0) is 17.8 Å². The first kappa shape index (κ1) is 21.7. The predicted octanol–water partition coefficient (Wildman–Crippen LogP) is 1.86. The number of nitrogens with zero attached hydrogens (tertiary/aromatic N) is 3. The van der Waals surface area contributed by atoms with Crippen molar-refractivity contribution >= 4 is 11.7 Å². The van der Waals surface area contributed by atoms with E-state index in [1.54, 1.807) is 20.3 Å². The van der Waals surface area contributed by atoms with Crippen LogP contribution in [0, 0.1) is 5.92 Å². The highest BCUT2D eigenvalue weighted by atomic mass is 16.5. The van der Waals surface area contributed by atoms with Crippen LogP contribution in [0.5, 0.6) is 11.5 Å². The zero-order valence-electron chi connectivity index (χ0n) is 17.9. The number of anilines is 1. The molecule has 0 spiro atoms. The van der Waals surface area contributed by atoms with E-state index in [0.29, 0.717) is 30.4 Å². The Morgan fingerprint density at radius 1 is 1.13 bits per heavy atom. The van der Waals surface area contributed by atoms with E-state index >= 15 is 0 Å². The first-order chi connectivity index (χ1) is 14.5. The van der Waals surface area contributed by atoms with Crippen molar-refractivity contribution in [1.29, 1.82) is 0 Å². The van der Waals surface area contributed by atoms with E-state index in [2.05, 4.69) is 22.2 Å². The number of carbonyl (C=O) groups excluding carboxylic acids is 1. The van der Waals surface area contributed by atoms with Gasteiger partial charge in [-0.3, -0.25) is 9.59 Å². The third-order valence-electron chi connectivity index (χ3n) is 5.44. The molecule has 0 unspecified atom stereocenters. The van der Waals surface area contributed by atoms with Gasteiger partial charge in [0.05, 0.1) is 14.2 Å². The highest BCUT2D eigenvalue weighted by Gasteiger charge is 2.18. The van der Waals surface area contributed by atoms with Gasteiger partial charge in [0.25, 0.3) is 5.56 Å². The molecule has 1 aliphatic heterocycles. The van der Waals surface area contributed by atoms with Crippen molar-refractivity contribution in [3.63, 3.8) is 0 Å². The first-order valence-electron chi connectivity index (χ1n) is 10.3. The number of nitrogens with one attached hydrogen (secondary N) is 1. The topological polar surface area (TPSA) is 85.7 Å². The molecule has 162 valence electrons. The van der Waals surface area contributed by atoms with Gasteiger partial charge in [-0.25, -0.2) is 4.68 Å². The molecule has 8 nitrogen and oxygen atoms in total. The minimum Gasteiger partial charge on any atom is -0.493 e. The van der Waals surface area contributed by atoms with E-state index in [1.165, 1.54) is 10.7 Å². The van der Waals surface area contributed by atoms with Gasteiger partial charge in [0.2, 0.25) is 5.91 Å². The van der Waals surface area contributed by atoms with Gasteiger partial charge >= 0.3 is 0 Å². The fourth-order valence-electron chi connectivity index (χ4n) is 3.53. The number of aromatic nitrogens is 2. The van der Waals surface area contributed by atoms with Gasteiger partial charge in [0, 0.05) is 25.7 Å². The molecule has 2 heterocycles. The monoisotopic (exact) mass is 414 g/mol. The predicted molar refractivity (Wildman–Crippen MR) is 115 cm³/mol. The molecule has 1 saturated heterocycles. The summed E-state index contributed by atoms with van der Waals surface area (Å²) in [5.41, 5.74) is 0.740. The van der Waals surface area contributed by atoms with Crippen molar-refractivity contribution < 1.29 is 14.3 Å². The van der Waals surface area contributed by atoms with Crippen molar-refractivity contribution in [1.82, 2.24) is 15.1 Å². The van der Waals surface area contributed by atoms with Crippen molar-refractivity contribution in [2.24, 2.45) is 5.92 Å². The molecule has 0 atom stereocenters. The van der Waals surface area contributed by atoms with E-state index in [0.717, 1.165) is 37.3 Å². The molecule has 1 aromatic heterocycles. The van der Waals surface area contributed by atoms with E-state index in [9.17, 15) is 9.59 Å². The summed E-state index contributed by atoms with van der Waals surface area (Å²) in [5, 5.41) is 7.26. The Kier molecular flexibility index (Phi) is 7.32. The lowest BCUT2D eigenvalue weighted by Crippen LogP contribution is -2.37. The molecule has 8 heteroatoms. The summed E-state index contributed by atoms with van der Waals surface area (Å²) in [7, 11) is 3.18. The second-order valence-corrected chi connectivity index (χ2v) is 7.65. The molecule has 0 saturated carbocycles. The van der Waals surface area contributed by atoms with Crippen molar-refractivity contribution in [2.45, 2.75) is 32.7 Å². The second-order valence-electron chi connectivity index (χ2n) is 7.65. The van der Waals surface area contributed by atoms with Crippen LogP contribution in [0.3, 0.4) is 0 Å². The van der Waals surface area contributed by atoms with Crippen LogP contribution >= 0.6 is 0 Å². The molecular weight excluding hydrogens is 384 g/mol. The summed E-state index contributed by atoms with van der Waals surface area (Å²) in [4.78, 5) is 26.7. The highest BCUT2D eigenvalue weighted by molar-refractivity contribution is 5.75. The molecular formula is C22H30N4O4. The SMILES string of the molecule is COc1ccc(CCNC(=O)Cn2nc(N3CCC(C)CC3)ccc2=O)cc1OC. The Bertz CT molecular complexity index is 920. The van der Waals surface area contributed by atoms with Gasteiger partial charge in [0.1, 0.15) is 12.4 Å². The van der Waals surface area contributed by atoms with Crippen LogP contribution in [0.4, 0.5) is 5.82 Å². The molecule has 0 aliphatic carbocycles. The average Bonchev–Trinajstić information content (AvgIpc) is 2.75. The molecule has 3 rings (SSSR count). The number of rotatable bonds is 8. The summed E-state index contributed by atoms with van der Waals surface area (Å²) in [5.74, 6) is 2.54. The van der Waals surface area contributed by atoms with Gasteiger partial charge in [-0.1, -0.05) is 13.0 Å². The summed E-state index contributed by atoms with van der Waals surface area (Å²) in [6.45, 7) is 4.45. The lowest BCUT2D eigenvalue weighted by Gasteiger charge is -2.31. The zero-order chi connectivity index (χ0) is 21.5. The minimum atomic E-state index is -0.279. The number of hydrogen-bond donors (Lipinski definition) is 1. The fourth-order valence-corrected chi connectivity index (χ4v) is 3.53. The smallest absolute Gasteiger partial charge is 0.267 e. The molecule has 0 bridgehead atoms. The summed E-state index contributed by atoms with van der Waals surface area (Å²) in [6.07, 6.45) is 2.86. The van der Waals surface area contributed by atoms with Crippen LogP contribution in [-0.4, -0.2) is 49.5 Å². The Morgan fingerprint density at radius 2 is 1.87 bits per heavy atom. The molecule has 1 aliphatic rings. The molecule has 2 aromatic rings. The van der Waals surface area contributed by atoms with Crippen LogP contribution in [0.1, 0.15) is 25.3 Å². The summed E-state index contributed by atoms with van der Waals surface area (Å²) in [6, 6.07) is 8.88. The van der Waals surface area contributed by atoms with E-state index in [-0.39, 0.29) is 18.0 Å². The van der Waals surface area contributed by atoms with Crippen LogP contribution in [0.15, 0.2) is 35.1 Å². The minimum absolute atomic E-state index is 0.0944. The van der Waals surface area contributed by atoms with Gasteiger partial charge in [-0.15, -0.1) is 0 Å². The van der Waals surface area contributed by atoms with Gasteiger partial charge in [-0.05, 0) is 48.9 Å². The normalized spacial score (nSPS) is 14.4. The number of ether oxygens (including phenoxy) is 2. The molecule has 1 amide bonds. The number of carbonyl (C=O) groups is 1. The Balaban J connectivity index is 1.54. The van der Waals surface area contributed by atoms with Crippen molar-refractivity contribution in [3.8, 4) is 11.5 Å². The lowest BCUT2D eigenvalue weighted by molar-refractivity contribution is -0.121. The van der Waals surface area contributed by atoms with E-state index < -0.39 is 0 Å². The molecule has 1 fully saturated rings. The number of methoxy groups -OCH3 is 2. The number of piperidine rings is 1. The highest BCUT2D eigenvalue weighted by Crippen LogP contribution is 2.27. The third-order valence-corrected chi connectivity index (χ3v) is 5.44. The maximum atomic E-state index is 12.3. The molecule has 0 radical (unpaired) electrons. The summed E-state index contributed by atoms with van der Waals surface area (Å²) < 4.78 is 11.8. The maximum Gasteiger partial charge on any atom is 0.267 e.